The number of anilines is 3. The number of imidazole rings is 1. The van der Waals surface area contributed by atoms with Gasteiger partial charge in [0.05, 0.1) is 36.5 Å². The van der Waals surface area contributed by atoms with Crippen LogP contribution >= 0.6 is 0 Å². The van der Waals surface area contributed by atoms with E-state index in [0.29, 0.717) is 74.3 Å². The van der Waals surface area contributed by atoms with Gasteiger partial charge < -0.3 is 29.4 Å². The fraction of sp³-hybridized carbons (Fsp3) is 0.257. The molecule has 0 aliphatic carbocycles. The highest BCUT2D eigenvalue weighted by Gasteiger charge is 2.26. The van der Waals surface area contributed by atoms with Crippen LogP contribution in [0.5, 0.6) is 5.88 Å². The summed E-state index contributed by atoms with van der Waals surface area (Å²) < 4.78 is 43.3. The van der Waals surface area contributed by atoms with Gasteiger partial charge in [0.1, 0.15) is 29.6 Å². The average Bonchev–Trinajstić information content (AvgIpc) is 3.45. The van der Waals surface area contributed by atoms with Gasteiger partial charge in [-0.25, -0.2) is 23.4 Å². The Balaban J connectivity index is 1.17. The number of nitrogens with one attached hydrogen (secondary N) is 1. The van der Waals surface area contributed by atoms with Crippen LogP contribution in [0.4, 0.5) is 31.7 Å². The monoisotopic (exact) mass is 653 g/mol. The molecular formula is C35H33F2N7O4. The van der Waals surface area contributed by atoms with Crippen molar-refractivity contribution in [2.45, 2.75) is 19.7 Å². The summed E-state index contributed by atoms with van der Waals surface area (Å²) in [4.78, 5) is 29.1. The molecule has 11 nitrogen and oxygen atoms in total. The number of benzene rings is 3. The van der Waals surface area contributed by atoms with Gasteiger partial charge in [-0.15, -0.1) is 0 Å². The number of rotatable bonds is 12. The summed E-state index contributed by atoms with van der Waals surface area (Å²) in [6, 6.07) is 20.0. The van der Waals surface area contributed by atoms with Crippen LogP contribution in [0.25, 0.3) is 15.9 Å². The molecule has 5 aromatic rings. The Morgan fingerprint density at radius 1 is 1.02 bits per heavy atom. The number of pyridine rings is 1. The van der Waals surface area contributed by atoms with Crippen molar-refractivity contribution in [3.05, 3.63) is 113 Å². The van der Waals surface area contributed by atoms with Crippen molar-refractivity contribution in [2.24, 2.45) is 0 Å². The molecule has 3 aromatic carbocycles. The number of aromatic nitrogens is 3. The Morgan fingerprint density at radius 2 is 1.81 bits per heavy atom. The predicted octanol–water partition coefficient (Wildman–Crippen LogP) is 6.25. The van der Waals surface area contributed by atoms with E-state index in [9.17, 15) is 14.3 Å². The lowest BCUT2D eigenvalue weighted by molar-refractivity contribution is 0.0697. The lowest BCUT2D eigenvalue weighted by atomic mass is 10.1. The summed E-state index contributed by atoms with van der Waals surface area (Å²) in [6.07, 6.45) is 0. The number of hydrogen-bond donors (Lipinski definition) is 2. The number of para-hydroxylation sites is 1. The van der Waals surface area contributed by atoms with Crippen LogP contribution in [0.3, 0.4) is 0 Å². The minimum Gasteiger partial charge on any atom is -0.478 e. The number of carboxylic acids is 1. The SMILES string of the molecule is [C-]#[N+]c1ccc(COc2cccc(N3CCN(Cc4nc5c(F)c(Nc6ccccc6)c(C(=O)O)cc5n4CCOC)CC3)n2)c(F)c1. The first-order valence-corrected chi connectivity index (χ1v) is 15.3. The number of aromatic carboxylic acids is 1. The van der Waals surface area contributed by atoms with Crippen molar-refractivity contribution in [3.63, 3.8) is 0 Å². The molecule has 0 spiro atoms. The third-order valence-electron chi connectivity index (χ3n) is 8.17. The fourth-order valence-corrected chi connectivity index (χ4v) is 5.65. The van der Waals surface area contributed by atoms with Crippen LogP contribution in [0, 0.1) is 18.2 Å². The molecule has 3 heterocycles. The summed E-state index contributed by atoms with van der Waals surface area (Å²) in [5.74, 6) is -0.790. The van der Waals surface area contributed by atoms with Gasteiger partial charge in [-0.2, -0.15) is 4.98 Å². The zero-order chi connectivity index (χ0) is 33.6. The van der Waals surface area contributed by atoms with Crippen molar-refractivity contribution in [1.82, 2.24) is 19.4 Å². The van der Waals surface area contributed by atoms with Crippen LogP contribution in [0.15, 0.2) is 72.8 Å². The topological polar surface area (TPSA) is 109 Å². The van der Waals surface area contributed by atoms with E-state index in [4.69, 9.17) is 16.0 Å². The van der Waals surface area contributed by atoms with Crippen LogP contribution in [0.2, 0.25) is 0 Å². The molecule has 0 amide bonds. The van der Waals surface area contributed by atoms with E-state index in [1.54, 1.807) is 43.5 Å². The Bertz CT molecular complexity index is 1970. The van der Waals surface area contributed by atoms with Crippen molar-refractivity contribution in [1.29, 1.82) is 0 Å². The molecule has 2 N–H and O–H groups in total. The maximum absolute atomic E-state index is 16.0. The summed E-state index contributed by atoms with van der Waals surface area (Å²) in [7, 11) is 1.57. The molecule has 2 aromatic heterocycles. The third kappa shape index (κ3) is 7.05. The molecule has 0 radical (unpaired) electrons. The van der Waals surface area contributed by atoms with Gasteiger partial charge in [0.15, 0.2) is 11.5 Å². The minimum atomic E-state index is -1.25. The van der Waals surface area contributed by atoms with E-state index in [2.05, 4.69) is 29.9 Å². The smallest absolute Gasteiger partial charge is 0.338 e. The highest BCUT2D eigenvalue weighted by molar-refractivity contribution is 6.00. The summed E-state index contributed by atoms with van der Waals surface area (Å²) in [5, 5.41) is 12.9. The Labute approximate surface area is 275 Å². The fourth-order valence-electron chi connectivity index (χ4n) is 5.65. The van der Waals surface area contributed by atoms with Crippen LogP contribution in [-0.4, -0.2) is 70.4 Å². The van der Waals surface area contributed by atoms with E-state index in [1.807, 2.05) is 22.8 Å². The third-order valence-corrected chi connectivity index (χ3v) is 8.17. The van der Waals surface area contributed by atoms with Crippen LogP contribution < -0.4 is 15.0 Å². The molecule has 1 fully saturated rings. The zero-order valence-electron chi connectivity index (χ0n) is 26.2. The normalized spacial score (nSPS) is 13.4. The number of halogens is 2. The summed E-state index contributed by atoms with van der Waals surface area (Å²) in [5.41, 5.74) is 1.27. The number of carbonyl (C=O) groups is 1. The molecule has 246 valence electrons. The first-order chi connectivity index (χ1) is 23.3. The first kappa shape index (κ1) is 32.4. The molecule has 1 saturated heterocycles. The highest BCUT2D eigenvalue weighted by atomic mass is 19.1. The van der Waals surface area contributed by atoms with Gasteiger partial charge in [-0.1, -0.05) is 36.4 Å². The number of methoxy groups -OCH3 is 1. The standard InChI is InChI=1S/C35H33F2N7O4/c1-38-25-12-11-23(27(36)19-25)22-48-31-10-6-9-29(40-31)43-15-13-42(14-16-43)21-30-41-34-28(44(30)17-18-47-2)20-26(35(45)46)33(32(34)37)39-24-7-4-3-5-8-24/h3-12,19-20,39H,13-18,21-22H2,2H3,(H,45,46). The first-order valence-electron chi connectivity index (χ1n) is 15.3. The second-order valence-corrected chi connectivity index (χ2v) is 11.2. The molecule has 13 heteroatoms. The van der Waals surface area contributed by atoms with E-state index in [1.165, 1.54) is 18.2 Å². The molecule has 0 atom stereocenters. The van der Waals surface area contributed by atoms with Gasteiger partial charge in [0, 0.05) is 57.2 Å². The minimum absolute atomic E-state index is 0.0171. The van der Waals surface area contributed by atoms with Gasteiger partial charge in [0.25, 0.3) is 0 Å². The van der Waals surface area contributed by atoms with Crippen molar-refractivity contribution < 1.29 is 28.2 Å². The number of hydrogen-bond acceptors (Lipinski definition) is 8. The Kier molecular flexibility index (Phi) is 9.75. The van der Waals surface area contributed by atoms with Crippen LogP contribution in [-0.2, 0) is 24.4 Å². The van der Waals surface area contributed by atoms with E-state index in [-0.39, 0.29) is 29.1 Å². The largest absolute Gasteiger partial charge is 0.478 e. The molecule has 0 bridgehead atoms. The van der Waals surface area contributed by atoms with E-state index >= 15 is 4.39 Å². The van der Waals surface area contributed by atoms with E-state index in [0.717, 1.165) is 5.82 Å². The number of piperazine rings is 1. The molecule has 48 heavy (non-hydrogen) atoms. The van der Waals surface area contributed by atoms with Gasteiger partial charge in [-0.3, -0.25) is 4.90 Å². The second-order valence-electron chi connectivity index (χ2n) is 11.2. The van der Waals surface area contributed by atoms with Gasteiger partial charge in [-0.05, 0) is 30.3 Å². The molecule has 6 rings (SSSR count). The lowest BCUT2D eigenvalue weighted by Crippen LogP contribution is -2.46. The van der Waals surface area contributed by atoms with Crippen molar-refractivity contribution in [3.8, 4) is 5.88 Å². The maximum Gasteiger partial charge on any atom is 0.338 e. The highest BCUT2D eigenvalue weighted by Crippen LogP contribution is 2.32. The van der Waals surface area contributed by atoms with Crippen molar-refractivity contribution >= 4 is 39.9 Å². The van der Waals surface area contributed by atoms with E-state index < -0.39 is 17.6 Å². The maximum atomic E-state index is 16.0. The Morgan fingerprint density at radius 3 is 2.52 bits per heavy atom. The number of carboxylic acid groups (broad SMARTS) is 1. The quantitative estimate of drug-likeness (QED) is 0.151. The summed E-state index contributed by atoms with van der Waals surface area (Å²) >= 11 is 0. The van der Waals surface area contributed by atoms with Crippen molar-refractivity contribution in [2.75, 3.05) is 50.1 Å². The lowest BCUT2D eigenvalue weighted by Gasteiger charge is -2.35. The summed E-state index contributed by atoms with van der Waals surface area (Å²) in [6.45, 7) is 10.8. The Hall–Kier alpha value is -5.58. The molecule has 1 aliphatic heterocycles. The molecule has 1 aliphatic rings. The number of ether oxygens (including phenoxy) is 2. The number of fused-ring (bicyclic) bond motifs is 1. The molecule has 0 unspecified atom stereocenters. The van der Waals surface area contributed by atoms with Gasteiger partial charge in [0.2, 0.25) is 5.88 Å². The second kappa shape index (κ2) is 14.5. The molecule has 0 saturated carbocycles. The predicted molar refractivity (Wildman–Crippen MR) is 177 cm³/mol. The zero-order valence-corrected chi connectivity index (χ0v) is 26.2. The number of nitrogens with zero attached hydrogens (tertiary/aromatic N) is 6. The average molecular weight is 654 g/mol. The van der Waals surface area contributed by atoms with Gasteiger partial charge >= 0.3 is 5.97 Å². The molecular weight excluding hydrogens is 620 g/mol. The van der Waals surface area contributed by atoms with Crippen LogP contribution in [0.1, 0.15) is 21.7 Å².